The predicted octanol–water partition coefficient (Wildman–Crippen LogP) is 2.70. The van der Waals surface area contributed by atoms with Gasteiger partial charge in [-0.05, 0) is 36.1 Å². The van der Waals surface area contributed by atoms with Crippen LogP contribution < -0.4 is 5.32 Å². The maximum atomic E-state index is 9.47. The number of azide groups is 1. The molecule has 0 aromatic rings. The number of hydrogen-bond donors (Lipinski definition) is 1. The van der Waals surface area contributed by atoms with Gasteiger partial charge in [0.2, 0.25) is 0 Å². The molecule has 1 unspecified atom stereocenters. The molecule has 1 N–H and O–H groups in total. The minimum atomic E-state index is -0.452. The van der Waals surface area contributed by atoms with Gasteiger partial charge in [-0.25, -0.2) is 0 Å². The van der Waals surface area contributed by atoms with E-state index in [-0.39, 0.29) is 5.41 Å². The van der Waals surface area contributed by atoms with Gasteiger partial charge in [0.1, 0.15) is 5.54 Å². The van der Waals surface area contributed by atoms with Gasteiger partial charge in [0.25, 0.3) is 0 Å². The van der Waals surface area contributed by atoms with Gasteiger partial charge in [0.05, 0.1) is 6.07 Å². The quantitative estimate of drug-likeness (QED) is 0.354. The minimum absolute atomic E-state index is 0.00844. The topological polar surface area (TPSA) is 84.6 Å². The van der Waals surface area contributed by atoms with Crippen molar-refractivity contribution in [2.45, 2.75) is 32.2 Å². The molecule has 1 saturated heterocycles. The monoisotopic (exact) mass is 253 g/mol. The van der Waals surface area contributed by atoms with Crippen molar-refractivity contribution >= 4 is 11.8 Å². The molecule has 1 heterocycles. The third-order valence-corrected chi connectivity index (χ3v) is 4.59. The first kappa shape index (κ1) is 14.2. The zero-order valence-electron chi connectivity index (χ0n) is 10.4. The third kappa shape index (κ3) is 3.29. The number of rotatable bonds is 5. The van der Waals surface area contributed by atoms with E-state index in [4.69, 9.17) is 5.53 Å². The lowest BCUT2D eigenvalue weighted by Gasteiger charge is -2.45. The Morgan fingerprint density at radius 1 is 1.59 bits per heavy atom. The zero-order chi connectivity index (χ0) is 12.8. The molecule has 6 heteroatoms. The summed E-state index contributed by atoms with van der Waals surface area (Å²) in [6.07, 6.45) is 1.82. The molecule has 1 aliphatic rings. The van der Waals surface area contributed by atoms with Gasteiger partial charge < -0.3 is 0 Å². The summed E-state index contributed by atoms with van der Waals surface area (Å²) in [4.78, 5) is 2.71. The molecule has 0 aromatic heterocycles. The molecular formula is C11H19N5S. The first-order valence-corrected chi connectivity index (χ1v) is 6.98. The molecule has 0 aromatic carbocycles. The maximum Gasteiger partial charge on any atom is 0.121 e. The summed E-state index contributed by atoms with van der Waals surface area (Å²) in [7, 11) is 0. The molecule has 0 saturated carbocycles. The van der Waals surface area contributed by atoms with Crippen LogP contribution in [0, 0.1) is 16.7 Å². The Kier molecular flexibility index (Phi) is 5.13. The SMILES string of the molecule is CC1(C)CCSCC1(C#N)NCCCN=[N+]=[N-]. The summed E-state index contributed by atoms with van der Waals surface area (Å²) in [5.74, 6) is 1.95. The van der Waals surface area contributed by atoms with Gasteiger partial charge in [0, 0.05) is 17.2 Å². The number of thioether (sulfide) groups is 1. The second kappa shape index (κ2) is 6.15. The van der Waals surface area contributed by atoms with E-state index >= 15 is 0 Å². The largest absolute Gasteiger partial charge is 0.298 e. The lowest BCUT2D eigenvalue weighted by Crippen LogP contribution is -2.59. The summed E-state index contributed by atoms with van der Waals surface area (Å²) < 4.78 is 0. The van der Waals surface area contributed by atoms with Crippen LogP contribution in [0.5, 0.6) is 0 Å². The average Bonchev–Trinajstić information content (AvgIpc) is 2.31. The van der Waals surface area contributed by atoms with Crippen molar-refractivity contribution in [1.29, 1.82) is 5.26 Å². The summed E-state index contributed by atoms with van der Waals surface area (Å²) in [6.45, 7) is 5.50. The van der Waals surface area contributed by atoms with Crippen molar-refractivity contribution in [2.75, 3.05) is 24.6 Å². The van der Waals surface area contributed by atoms with Crippen molar-refractivity contribution in [1.82, 2.24) is 5.32 Å². The molecule has 0 spiro atoms. The van der Waals surface area contributed by atoms with Crippen LogP contribution in [0.2, 0.25) is 0 Å². The number of nitrogens with zero attached hydrogens (tertiary/aromatic N) is 4. The molecule has 0 aliphatic carbocycles. The van der Waals surface area contributed by atoms with E-state index in [1.54, 1.807) is 0 Å². The fourth-order valence-corrected chi connectivity index (χ4v) is 3.63. The van der Waals surface area contributed by atoms with E-state index < -0.39 is 5.54 Å². The molecule has 1 fully saturated rings. The summed E-state index contributed by atoms with van der Waals surface area (Å²) in [6, 6.07) is 2.46. The van der Waals surface area contributed by atoms with Crippen LogP contribution in [-0.4, -0.2) is 30.1 Å². The molecular weight excluding hydrogens is 234 g/mol. The highest BCUT2D eigenvalue weighted by Crippen LogP contribution is 2.41. The molecule has 1 aliphatic heterocycles. The third-order valence-electron chi connectivity index (χ3n) is 3.46. The molecule has 5 nitrogen and oxygen atoms in total. The normalized spacial score (nSPS) is 26.9. The zero-order valence-corrected chi connectivity index (χ0v) is 11.3. The van der Waals surface area contributed by atoms with E-state index in [2.05, 4.69) is 35.3 Å². The van der Waals surface area contributed by atoms with Gasteiger partial charge >= 0.3 is 0 Å². The van der Waals surface area contributed by atoms with Crippen LogP contribution in [0.25, 0.3) is 10.4 Å². The first-order chi connectivity index (χ1) is 8.08. The second-order valence-corrected chi connectivity index (χ2v) is 6.04. The molecule has 1 atom stereocenters. The maximum absolute atomic E-state index is 9.47. The summed E-state index contributed by atoms with van der Waals surface area (Å²) >= 11 is 1.83. The highest BCUT2D eigenvalue weighted by Gasteiger charge is 2.47. The first-order valence-electron chi connectivity index (χ1n) is 5.83. The van der Waals surface area contributed by atoms with E-state index in [0.29, 0.717) is 6.54 Å². The summed E-state index contributed by atoms with van der Waals surface area (Å²) in [5, 5.41) is 16.3. The lowest BCUT2D eigenvalue weighted by atomic mass is 9.71. The minimum Gasteiger partial charge on any atom is -0.298 e. The molecule has 1 rings (SSSR count). The van der Waals surface area contributed by atoms with Crippen molar-refractivity contribution in [3.05, 3.63) is 10.4 Å². The fraction of sp³-hybridized carbons (Fsp3) is 0.909. The lowest BCUT2D eigenvalue weighted by molar-refractivity contribution is 0.183. The summed E-state index contributed by atoms with van der Waals surface area (Å²) in [5.41, 5.74) is 7.72. The molecule has 94 valence electrons. The van der Waals surface area contributed by atoms with Gasteiger partial charge in [-0.3, -0.25) is 5.32 Å². The average molecular weight is 253 g/mol. The van der Waals surface area contributed by atoms with Crippen molar-refractivity contribution < 1.29 is 0 Å². The van der Waals surface area contributed by atoms with Crippen LogP contribution in [0.15, 0.2) is 5.11 Å². The van der Waals surface area contributed by atoms with Gasteiger partial charge in [0.15, 0.2) is 0 Å². The van der Waals surface area contributed by atoms with E-state index in [1.165, 1.54) is 0 Å². The molecule has 0 radical (unpaired) electrons. The second-order valence-electron chi connectivity index (χ2n) is 4.94. The van der Waals surface area contributed by atoms with E-state index in [1.807, 2.05) is 11.8 Å². The number of hydrogen-bond acceptors (Lipinski definition) is 4. The van der Waals surface area contributed by atoms with Crippen molar-refractivity contribution in [3.63, 3.8) is 0 Å². The Morgan fingerprint density at radius 3 is 2.94 bits per heavy atom. The van der Waals surface area contributed by atoms with Crippen molar-refractivity contribution in [2.24, 2.45) is 10.5 Å². The van der Waals surface area contributed by atoms with E-state index in [9.17, 15) is 5.26 Å². The van der Waals surface area contributed by atoms with Crippen LogP contribution in [0.4, 0.5) is 0 Å². The Bertz CT molecular complexity index is 342. The predicted molar refractivity (Wildman–Crippen MR) is 70.7 cm³/mol. The number of nitrogens with one attached hydrogen (secondary N) is 1. The molecule has 17 heavy (non-hydrogen) atoms. The van der Waals surface area contributed by atoms with Crippen LogP contribution in [0.1, 0.15) is 26.7 Å². The van der Waals surface area contributed by atoms with Crippen LogP contribution in [0.3, 0.4) is 0 Å². The van der Waals surface area contributed by atoms with E-state index in [0.717, 1.165) is 30.9 Å². The highest BCUT2D eigenvalue weighted by molar-refractivity contribution is 7.99. The highest BCUT2D eigenvalue weighted by atomic mass is 32.2. The Morgan fingerprint density at radius 2 is 2.35 bits per heavy atom. The molecule has 0 amide bonds. The van der Waals surface area contributed by atoms with Gasteiger partial charge in [-0.15, -0.1) is 0 Å². The Balaban J connectivity index is 2.56. The fourth-order valence-electron chi connectivity index (χ4n) is 1.97. The van der Waals surface area contributed by atoms with Gasteiger partial charge in [-0.2, -0.15) is 17.0 Å². The Labute approximate surface area is 107 Å². The standard InChI is InChI=1S/C11H19N5S/c1-10(2)4-7-17-9-11(10,8-12)14-5-3-6-15-16-13/h14H,3-7,9H2,1-2H3. The number of nitriles is 1. The smallest absolute Gasteiger partial charge is 0.121 e. The van der Waals surface area contributed by atoms with Crippen LogP contribution in [-0.2, 0) is 0 Å². The van der Waals surface area contributed by atoms with Gasteiger partial charge in [-0.1, -0.05) is 19.0 Å². The Hall–Kier alpha value is -0.890. The van der Waals surface area contributed by atoms with Crippen LogP contribution >= 0.6 is 11.8 Å². The molecule has 0 bridgehead atoms. The van der Waals surface area contributed by atoms with Crippen molar-refractivity contribution in [3.8, 4) is 6.07 Å².